The van der Waals surface area contributed by atoms with Crippen molar-refractivity contribution in [3.05, 3.63) is 22.4 Å². The predicted octanol–water partition coefficient (Wildman–Crippen LogP) is 3.82. The molecule has 1 aliphatic carbocycles. The lowest BCUT2D eigenvalue weighted by atomic mass is 9.87. The molecular weight excluding hydrogens is 214 g/mol. The van der Waals surface area contributed by atoms with Gasteiger partial charge in [0.25, 0.3) is 0 Å². The van der Waals surface area contributed by atoms with Crippen LogP contribution in [-0.4, -0.2) is 4.98 Å². The summed E-state index contributed by atoms with van der Waals surface area (Å²) in [6, 6.07) is 4.31. The van der Waals surface area contributed by atoms with E-state index in [-0.39, 0.29) is 0 Å². The average molecular weight is 228 g/mol. The first-order valence-corrected chi connectivity index (χ1v) is 5.50. The Morgan fingerprint density at radius 1 is 1.17 bits per heavy atom. The van der Waals surface area contributed by atoms with Crippen molar-refractivity contribution in [2.45, 2.75) is 38.0 Å². The highest BCUT2D eigenvalue weighted by Gasteiger charge is 2.16. The largest absolute Gasteiger partial charge is 0.353 e. The van der Waals surface area contributed by atoms with Crippen LogP contribution in [0, 0.1) is 0 Å². The number of aromatic nitrogens is 1. The zero-order chi connectivity index (χ0) is 8.39. The van der Waals surface area contributed by atoms with Crippen molar-refractivity contribution in [1.29, 1.82) is 0 Å². The molecule has 1 aliphatic rings. The molecule has 12 heavy (non-hydrogen) atoms. The van der Waals surface area contributed by atoms with Gasteiger partial charge in [0, 0.05) is 5.69 Å². The zero-order valence-electron chi connectivity index (χ0n) is 7.15. The van der Waals surface area contributed by atoms with Crippen molar-refractivity contribution >= 4 is 15.9 Å². The van der Waals surface area contributed by atoms with Crippen LogP contribution in [-0.2, 0) is 0 Å². The maximum absolute atomic E-state index is 3.44. The molecule has 1 nitrogen and oxygen atoms in total. The number of hydrogen-bond donors (Lipinski definition) is 1. The summed E-state index contributed by atoms with van der Waals surface area (Å²) in [4.78, 5) is 3.36. The molecule has 0 radical (unpaired) electrons. The van der Waals surface area contributed by atoms with Gasteiger partial charge in [-0.25, -0.2) is 0 Å². The van der Waals surface area contributed by atoms with Crippen LogP contribution in [0.5, 0.6) is 0 Å². The standard InChI is InChI=1S/C10H14BrN/c11-10-7-6-9(12-10)8-4-2-1-3-5-8/h6-8,12H,1-5H2. The van der Waals surface area contributed by atoms with E-state index in [0.717, 1.165) is 10.5 Å². The highest BCUT2D eigenvalue weighted by Crippen LogP contribution is 2.32. The van der Waals surface area contributed by atoms with Crippen LogP contribution in [0.3, 0.4) is 0 Å². The summed E-state index contributed by atoms with van der Waals surface area (Å²) in [5.74, 6) is 0.796. The van der Waals surface area contributed by atoms with E-state index in [1.165, 1.54) is 37.8 Å². The number of halogens is 1. The molecule has 0 amide bonds. The predicted molar refractivity (Wildman–Crippen MR) is 54.3 cm³/mol. The fourth-order valence-electron chi connectivity index (χ4n) is 2.04. The molecule has 0 bridgehead atoms. The number of H-pyrrole nitrogens is 1. The van der Waals surface area contributed by atoms with E-state index in [0.29, 0.717) is 0 Å². The molecule has 1 saturated carbocycles. The lowest BCUT2D eigenvalue weighted by Crippen LogP contribution is -2.04. The molecular formula is C10H14BrN. The molecule has 1 aromatic rings. The molecule has 0 saturated heterocycles. The third-order valence-electron chi connectivity index (χ3n) is 2.72. The van der Waals surface area contributed by atoms with Crippen molar-refractivity contribution in [3.8, 4) is 0 Å². The normalized spacial score (nSPS) is 19.8. The molecule has 1 heterocycles. The lowest BCUT2D eigenvalue weighted by Gasteiger charge is -2.20. The minimum atomic E-state index is 0.796. The van der Waals surface area contributed by atoms with Gasteiger partial charge in [-0.3, -0.25) is 0 Å². The van der Waals surface area contributed by atoms with Crippen LogP contribution in [0.4, 0.5) is 0 Å². The van der Waals surface area contributed by atoms with E-state index in [2.05, 4.69) is 33.0 Å². The Morgan fingerprint density at radius 3 is 2.50 bits per heavy atom. The van der Waals surface area contributed by atoms with Gasteiger partial charge in [-0.2, -0.15) is 0 Å². The quantitative estimate of drug-likeness (QED) is 0.751. The summed E-state index contributed by atoms with van der Waals surface area (Å²) in [7, 11) is 0. The van der Waals surface area contributed by atoms with Crippen LogP contribution in [0.25, 0.3) is 0 Å². The van der Waals surface area contributed by atoms with Gasteiger partial charge in [-0.15, -0.1) is 0 Å². The number of hydrogen-bond acceptors (Lipinski definition) is 0. The first-order chi connectivity index (χ1) is 5.86. The molecule has 0 unspecified atom stereocenters. The summed E-state index contributed by atoms with van der Waals surface area (Å²) in [6.45, 7) is 0. The van der Waals surface area contributed by atoms with Gasteiger partial charge in [0.05, 0.1) is 4.60 Å². The maximum atomic E-state index is 3.44. The van der Waals surface area contributed by atoms with E-state index in [9.17, 15) is 0 Å². The van der Waals surface area contributed by atoms with Gasteiger partial charge >= 0.3 is 0 Å². The van der Waals surface area contributed by atoms with E-state index in [1.807, 2.05) is 0 Å². The molecule has 1 fully saturated rings. The van der Waals surface area contributed by atoms with E-state index in [4.69, 9.17) is 0 Å². The second-order valence-corrected chi connectivity index (χ2v) is 4.45. The van der Waals surface area contributed by atoms with Crippen LogP contribution < -0.4 is 0 Å². The van der Waals surface area contributed by atoms with Gasteiger partial charge in [-0.1, -0.05) is 19.3 Å². The SMILES string of the molecule is Brc1ccc(C2CCCCC2)[nH]1. The molecule has 2 heteroatoms. The molecule has 0 spiro atoms. The first kappa shape index (κ1) is 8.36. The molecule has 0 aromatic carbocycles. The molecule has 1 N–H and O–H groups in total. The second-order valence-electron chi connectivity index (χ2n) is 3.60. The van der Waals surface area contributed by atoms with E-state index < -0.39 is 0 Å². The third-order valence-corrected chi connectivity index (χ3v) is 3.18. The van der Waals surface area contributed by atoms with Gasteiger partial charge in [0.1, 0.15) is 0 Å². The summed E-state index contributed by atoms with van der Waals surface area (Å²) in [5.41, 5.74) is 1.42. The van der Waals surface area contributed by atoms with Crippen LogP contribution in [0.15, 0.2) is 16.7 Å². The van der Waals surface area contributed by atoms with Gasteiger partial charge in [-0.05, 0) is 46.8 Å². The average Bonchev–Trinajstić information content (AvgIpc) is 2.54. The van der Waals surface area contributed by atoms with Crippen LogP contribution >= 0.6 is 15.9 Å². The van der Waals surface area contributed by atoms with Crippen LogP contribution in [0.2, 0.25) is 0 Å². The molecule has 0 atom stereocenters. The Balaban J connectivity index is 2.08. The minimum Gasteiger partial charge on any atom is -0.353 e. The topological polar surface area (TPSA) is 15.8 Å². The number of rotatable bonds is 1. The summed E-state index contributed by atoms with van der Waals surface area (Å²) >= 11 is 3.44. The van der Waals surface area contributed by atoms with E-state index >= 15 is 0 Å². The smallest absolute Gasteiger partial charge is 0.0822 e. The number of aromatic amines is 1. The van der Waals surface area contributed by atoms with Crippen molar-refractivity contribution in [3.63, 3.8) is 0 Å². The van der Waals surface area contributed by atoms with Crippen molar-refractivity contribution in [1.82, 2.24) is 4.98 Å². The fourth-order valence-corrected chi connectivity index (χ4v) is 2.40. The Kier molecular flexibility index (Phi) is 2.54. The van der Waals surface area contributed by atoms with Crippen molar-refractivity contribution in [2.24, 2.45) is 0 Å². The highest BCUT2D eigenvalue weighted by molar-refractivity contribution is 9.10. The number of nitrogens with one attached hydrogen (secondary N) is 1. The minimum absolute atomic E-state index is 0.796. The highest BCUT2D eigenvalue weighted by atomic mass is 79.9. The Bertz CT molecular complexity index is 248. The fraction of sp³-hybridized carbons (Fsp3) is 0.600. The lowest BCUT2D eigenvalue weighted by molar-refractivity contribution is 0.437. The maximum Gasteiger partial charge on any atom is 0.0822 e. The first-order valence-electron chi connectivity index (χ1n) is 4.70. The van der Waals surface area contributed by atoms with E-state index in [1.54, 1.807) is 0 Å². The Labute approximate surface area is 81.7 Å². The monoisotopic (exact) mass is 227 g/mol. The third kappa shape index (κ3) is 1.74. The summed E-state index contributed by atoms with van der Waals surface area (Å²) < 4.78 is 1.11. The second kappa shape index (κ2) is 3.65. The van der Waals surface area contributed by atoms with Gasteiger partial charge in [0.2, 0.25) is 0 Å². The Morgan fingerprint density at radius 2 is 1.92 bits per heavy atom. The zero-order valence-corrected chi connectivity index (χ0v) is 8.73. The summed E-state index contributed by atoms with van der Waals surface area (Å²) in [5, 5.41) is 0. The molecule has 2 rings (SSSR count). The summed E-state index contributed by atoms with van der Waals surface area (Å²) in [6.07, 6.45) is 6.97. The van der Waals surface area contributed by atoms with Crippen molar-refractivity contribution < 1.29 is 0 Å². The van der Waals surface area contributed by atoms with Gasteiger partial charge < -0.3 is 4.98 Å². The van der Waals surface area contributed by atoms with Crippen molar-refractivity contribution in [2.75, 3.05) is 0 Å². The van der Waals surface area contributed by atoms with Gasteiger partial charge in [0.15, 0.2) is 0 Å². The molecule has 1 aromatic heterocycles. The molecule has 66 valence electrons. The molecule has 0 aliphatic heterocycles. The Hall–Kier alpha value is -0.240. The van der Waals surface area contributed by atoms with Crippen LogP contribution in [0.1, 0.15) is 43.7 Å².